The van der Waals surface area contributed by atoms with E-state index in [1.807, 2.05) is 12.1 Å². The third-order valence-electron chi connectivity index (χ3n) is 4.45. The predicted octanol–water partition coefficient (Wildman–Crippen LogP) is 5.86. The molecule has 126 valence electrons. The highest BCUT2D eigenvalue weighted by atomic mass is 16.5. The average Bonchev–Trinajstić information content (AvgIpc) is 2.58. The van der Waals surface area contributed by atoms with Gasteiger partial charge in [0.15, 0.2) is 0 Å². The summed E-state index contributed by atoms with van der Waals surface area (Å²) in [5.41, 5.74) is 4.25. The van der Waals surface area contributed by atoms with Crippen molar-refractivity contribution in [2.45, 2.75) is 59.3 Å². The van der Waals surface area contributed by atoms with Gasteiger partial charge < -0.3 is 9.47 Å². The smallest absolute Gasteiger partial charge is 0.126 e. The van der Waals surface area contributed by atoms with Crippen molar-refractivity contribution in [1.29, 1.82) is 0 Å². The summed E-state index contributed by atoms with van der Waals surface area (Å²) in [5.74, 6) is 1.89. The molecule has 0 fully saturated rings. The second-order valence-corrected chi connectivity index (χ2v) is 6.19. The summed E-state index contributed by atoms with van der Waals surface area (Å²) >= 11 is 0. The third-order valence-corrected chi connectivity index (χ3v) is 4.45. The van der Waals surface area contributed by atoms with Crippen LogP contribution >= 0.6 is 0 Å². The van der Waals surface area contributed by atoms with E-state index in [2.05, 4.69) is 39.0 Å². The molecule has 0 radical (unpaired) electrons. The minimum Gasteiger partial charge on any atom is -0.493 e. The Hall–Kier alpha value is -1.70. The van der Waals surface area contributed by atoms with Gasteiger partial charge in [0.2, 0.25) is 0 Å². The Bertz CT molecular complexity index is 549. The molecule has 0 saturated carbocycles. The summed E-state index contributed by atoms with van der Waals surface area (Å²) in [4.78, 5) is 0. The molecule has 0 aliphatic carbocycles. The van der Waals surface area contributed by atoms with Gasteiger partial charge in [-0.2, -0.15) is 0 Å². The van der Waals surface area contributed by atoms with Crippen LogP contribution in [0.25, 0.3) is 0 Å². The van der Waals surface area contributed by atoms with E-state index in [0.29, 0.717) is 6.61 Å². The normalized spacial score (nSPS) is 14.0. The lowest BCUT2D eigenvalue weighted by molar-refractivity contribution is 0.284. The maximum absolute atomic E-state index is 5.84. The van der Waals surface area contributed by atoms with Crippen LogP contribution in [0.1, 0.15) is 58.4 Å². The molecule has 1 heterocycles. The molecule has 0 unspecified atom stereocenters. The van der Waals surface area contributed by atoms with Crippen molar-refractivity contribution in [1.82, 2.24) is 0 Å². The predicted molar refractivity (Wildman–Crippen MR) is 97.4 cm³/mol. The van der Waals surface area contributed by atoms with Gasteiger partial charge in [-0.15, -0.1) is 0 Å². The Kier molecular flexibility index (Phi) is 7.25. The van der Waals surface area contributed by atoms with Crippen LogP contribution in [0.2, 0.25) is 0 Å². The summed E-state index contributed by atoms with van der Waals surface area (Å²) in [6, 6.07) is 6.20. The first-order valence-electron chi connectivity index (χ1n) is 8.95. The van der Waals surface area contributed by atoms with Gasteiger partial charge in [-0.1, -0.05) is 37.1 Å². The van der Waals surface area contributed by atoms with Gasteiger partial charge in [-0.3, -0.25) is 0 Å². The third kappa shape index (κ3) is 5.78. The number of allylic oxidation sites excluding steroid dienone is 3. The van der Waals surface area contributed by atoms with E-state index in [1.165, 1.54) is 24.0 Å². The van der Waals surface area contributed by atoms with Crippen molar-refractivity contribution < 1.29 is 9.47 Å². The van der Waals surface area contributed by atoms with Gasteiger partial charge in [0.05, 0.1) is 6.61 Å². The first-order chi connectivity index (χ1) is 11.2. The quantitative estimate of drug-likeness (QED) is 0.559. The van der Waals surface area contributed by atoms with Crippen molar-refractivity contribution in [3.05, 3.63) is 47.1 Å². The van der Waals surface area contributed by atoms with E-state index in [4.69, 9.17) is 9.47 Å². The highest BCUT2D eigenvalue weighted by Crippen LogP contribution is 2.29. The van der Waals surface area contributed by atoms with Crippen molar-refractivity contribution >= 4 is 0 Å². The molecule has 2 rings (SSSR count). The molecule has 1 aliphatic heterocycles. The Balaban J connectivity index is 1.78. The van der Waals surface area contributed by atoms with Gasteiger partial charge >= 0.3 is 0 Å². The number of rotatable bonds is 8. The molecule has 1 aromatic rings. The Morgan fingerprint density at radius 3 is 2.83 bits per heavy atom. The maximum atomic E-state index is 5.84. The summed E-state index contributed by atoms with van der Waals surface area (Å²) < 4.78 is 11.5. The van der Waals surface area contributed by atoms with Crippen LogP contribution in [0.3, 0.4) is 0 Å². The number of aryl methyl sites for hydroxylation is 1. The van der Waals surface area contributed by atoms with Crippen molar-refractivity contribution in [2.75, 3.05) is 13.2 Å². The van der Waals surface area contributed by atoms with E-state index in [0.717, 1.165) is 43.8 Å². The summed E-state index contributed by atoms with van der Waals surface area (Å²) in [6.45, 7) is 8.09. The molecular formula is C21H30O2. The Morgan fingerprint density at radius 2 is 2.04 bits per heavy atom. The van der Waals surface area contributed by atoms with Gasteiger partial charge in [-0.05, 0) is 63.2 Å². The molecule has 2 heteroatoms. The van der Waals surface area contributed by atoms with Crippen LogP contribution in [0.5, 0.6) is 11.5 Å². The molecule has 23 heavy (non-hydrogen) atoms. The first kappa shape index (κ1) is 17.7. The zero-order valence-electron chi connectivity index (χ0n) is 14.9. The Morgan fingerprint density at radius 1 is 1.22 bits per heavy atom. The number of ether oxygens (including phenoxy) is 2. The second-order valence-electron chi connectivity index (χ2n) is 6.19. The largest absolute Gasteiger partial charge is 0.493 e. The molecule has 0 N–H and O–H groups in total. The van der Waals surface area contributed by atoms with Crippen LogP contribution in [-0.4, -0.2) is 13.2 Å². The average molecular weight is 314 g/mol. The molecule has 0 spiro atoms. The fourth-order valence-corrected chi connectivity index (χ4v) is 2.84. The lowest BCUT2D eigenvalue weighted by Gasteiger charge is -2.17. The SMILES string of the molecule is CCC(=CCC/C(C)=C/COc1ccc2c(c1)OCCC2)CC. The standard InChI is InChI=1S/C21H30O2/c1-4-18(5-2)9-6-8-17(3)13-15-22-20-12-11-19-10-7-14-23-21(19)16-20/h9,11-13,16H,4-8,10,14-15H2,1-3H3/b17-13+. The maximum Gasteiger partial charge on any atom is 0.126 e. The number of hydrogen-bond acceptors (Lipinski definition) is 2. The fraction of sp³-hybridized carbons (Fsp3) is 0.524. The lowest BCUT2D eigenvalue weighted by Crippen LogP contribution is -2.08. The van der Waals surface area contributed by atoms with E-state index >= 15 is 0 Å². The molecule has 0 saturated heterocycles. The molecule has 0 bridgehead atoms. The molecule has 0 atom stereocenters. The summed E-state index contributed by atoms with van der Waals surface area (Å²) in [5, 5.41) is 0. The van der Waals surface area contributed by atoms with E-state index in [-0.39, 0.29) is 0 Å². The molecule has 0 aromatic heterocycles. The first-order valence-corrected chi connectivity index (χ1v) is 8.95. The van der Waals surface area contributed by atoms with Crippen LogP contribution in [-0.2, 0) is 6.42 Å². The highest BCUT2D eigenvalue weighted by molar-refractivity contribution is 5.41. The minimum atomic E-state index is 0.628. The van der Waals surface area contributed by atoms with E-state index < -0.39 is 0 Å². The molecule has 2 nitrogen and oxygen atoms in total. The number of fused-ring (bicyclic) bond motifs is 1. The highest BCUT2D eigenvalue weighted by Gasteiger charge is 2.10. The van der Waals surface area contributed by atoms with Gasteiger partial charge in [0.25, 0.3) is 0 Å². The van der Waals surface area contributed by atoms with Crippen molar-refractivity contribution in [3.63, 3.8) is 0 Å². The summed E-state index contributed by atoms with van der Waals surface area (Å²) in [7, 11) is 0. The van der Waals surface area contributed by atoms with Crippen LogP contribution in [0.4, 0.5) is 0 Å². The van der Waals surface area contributed by atoms with E-state index in [1.54, 1.807) is 5.57 Å². The van der Waals surface area contributed by atoms with Crippen LogP contribution in [0, 0.1) is 0 Å². The summed E-state index contributed by atoms with van der Waals surface area (Å²) in [6.07, 6.45) is 11.4. The fourth-order valence-electron chi connectivity index (χ4n) is 2.84. The molecule has 0 amide bonds. The van der Waals surface area contributed by atoms with Crippen molar-refractivity contribution in [3.8, 4) is 11.5 Å². The molecule has 1 aromatic carbocycles. The van der Waals surface area contributed by atoms with Gasteiger partial charge in [0, 0.05) is 6.07 Å². The lowest BCUT2D eigenvalue weighted by atomic mass is 10.1. The number of hydrogen-bond donors (Lipinski definition) is 0. The zero-order valence-corrected chi connectivity index (χ0v) is 14.9. The van der Waals surface area contributed by atoms with Gasteiger partial charge in [-0.25, -0.2) is 0 Å². The topological polar surface area (TPSA) is 18.5 Å². The second kappa shape index (κ2) is 9.44. The number of benzene rings is 1. The monoisotopic (exact) mass is 314 g/mol. The molecular weight excluding hydrogens is 284 g/mol. The molecule has 1 aliphatic rings. The van der Waals surface area contributed by atoms with Crippen LogP contribution < -0.4 is 9.47 Å². The van der Waals surface area contributed by atoms with E-state index in [9.17, 15) is 0 Å². The van der Waals surface area contributed by atoms with Crippen LogP contribution in [0.15, 0.2) is 41.5 Å². The zero-order chi connectivity index (χ0) is 16.5. The van der Waals surface area contributed by atoms with Crippen molar-refractivity contribution in [2.24, 2.45) is 0 Å². The van der Waals surface area contributed by atoms with Gasteiger partial charge in [0.1, 0.15) is 18.1 Å². The Labute approximate surface area is 141 Å². The minimum absolute atomic E-state index is 0.628.